The highest BCUT2D eigenvalue weighted by molar-refractivity contribution is 7.85. The average molecular weight is 305 g/mol. The SMILES string of the molecule is CC(C)(C)OC(=O)N1CC2C(CCOS(C)(=O)=O)C2C1. The minimum absolute atomic E-state index is 0.239. The van der Waals surface area contributed by atoms with E-state index in [4.69, 9.17) is 8.92 Å². The van der Waals surface area contributed by atoms with Gasteiger partial charge in [-0.05, 0) is 44.9 Å². The summed E-state index contributed by atoms with van der Waals surface area (Å²) in [5, 5.41) is 0. The van der Waals surface area contributed by atoms with Gasteiger partial charge in [-0.25, -0.2) is 4.79 Å². The highest BCUT2D eigenvalue weighted by atomic mass is 32.2. The second-order valence-corrected chi connectivity index (χ2v) is 8.34. The Balaban J connectivity index is 1.70. The minimum atomic E-state index is -3.34. The van der Waals surface area contributed by atoms with Gasteiger partial charge in [0.05, 0.1) is 12.9 Å². The molecular weight excluding hydrogens is 282 g/mol. The fourth-order valence-electron chi connectivity index (χ4n) is 2.89. The molecule has 116 valence electrons. The van der Waals surface area contributed by atoms with Gasteiger partial charge < -0.3 is 9.64 Å². The lowest BCUT2D eigenvalue weighted by molar-refractivity contribution is 0.0264. The summed E-state index contributed by atoms with van der Waals surface area (Å²) in [5.41, 5.74) is -0.466. The van der Waals surface area contributed by atoms with Crippen LogP contribution in [0.25, 0.3) is 0 Å². The molecule has 1 aliphatic carbocycles. The molecule has 2 aliphatic rings. The molecule has 7 heteroatoms. The van der Waals surface area contributed by atoms with E-state index >= 15 is 0 Å². The Kier molecular flexibility index (Phi) is 4.03. The number of fused-ring (bicyclic) bond motifs is 1. The van der Waals surface area contributed by atoms with Gasteiger partial charge in [-0.15, -0.1) is 0 Å². The third kappa shape index (κ3) is 4.09. The zero-order valence-corrected chi connectivity index (χ0v) is 13.3. The summed E-state index contributed by atoms with van der Waals surface area (Å²) in [6.45, 7) is 7.22. The summed E-state index contributed by atoms with van der Waals surface area (Å²) in [4.78, 5) is 13.6. The predicted molar refractivity (Wildman–Crippen MR) is 73.7 cm³/mol. The van der Waals surface area contributed by atoms with E-state index in [2.05, 4.69) is 0 Å². The Morgan fingerprint density at radius 3 is 2.25 bits per heavy atom. The summed E-state index contributed by atoms with van der Waals surface area (Å²) in [6.07, 6.45) is 1.55. The topological polar surface area (TPSA) is 72.9 Å². The average Bonchev–Trinajstić information content (AvgIpc) is 2.69. The van der Waals surface area contributed by atoms with Crippen LogP contribution in [0, 0.1) is 17.8 Å². The van der Waals surface area contributed by atoms with Crippen LogP contribution in [-0.2, 0) is 19.0 Å². The number of ether oxygens (including phenoxy) is 1. The van der Waals surface area contributed by atoms with Gasteiger partial charge >= 0.3 is 6.09 Å². The first-order valence-corrected chi connectivity index (χ1v) is 8.71. The smallest absolute Gasteiger partial charge is 0.410 e. The third-order valence-corrected chi connectivity index (χ3v) is 4.37. The van der Waals surface area contributed by atoms with E-state index < -0.39 is 15.7 Å². The Labute approximate surface area is 120 Å². The Bertz CT molecular complexity index is 469. The van der Waals surface area contributed by atoms with Crippen LogP contribution in [0.5, 0.6) is 0 Å². The van der Waals surface area contributed by atoms with Gasteiger partial charge in [-0.2, -0.15) is 8.42 Å². The maximum atomic E-state index is 11.9. The number of rotatable bonds is 4. The van der Waals surface area contributed by atoms with Crippen molar-refractivity contribution in [1.29, 1.82) is 0 Å². The summed E-state index contributed by atoms with van der Waals surface area (Å²) in [5.74, 6) is 1.44. The molecule has 2 atom stereocenters. The second-order valence-electron chi connectivity index (χ2n) is 6.69. The van der Waals surface area contributed by atoms with Crippen LogP contribution in [0.3, 0.4) is 0 Å². The summed E-state index contributed by atoms with van der Waals surface area (Å²) < 4.78 is 31.8. The van der Waals surface area contributed by atoms with Crippen molar-refractivity contribution >= 4 is 16.2 Å². The number of amides is 1. The zero-order valence-electron chi connectivity index (χ0n) is 12.5. The first kappa shape index (κ1) is 15.6. The lowest BCUT2D eigenvalue weighted by Gasteiger charge is -2.25. The van der Waals surface area contributed by atoms with E-state index in [0.717, 1.165) is 12.7 Å². The molecule has 2 unspecified atom stereocenters. The molecule has 20 heavy (non-hydrogen) atoms. The molecule has 6 nitrogen and oxygen atoms in total. The third-order valence-electron chi connectivity index (χ3n) is 3.77. The monoisotopic (exact) mass is 305 g/mol. The molecule has 0 aromatic rings. The first-order chi connectivity index (χ1) is 9.07. The molecule has 1 aliphatic heterocycles. The molecule has 0 aromatic heterocycles. The fourth-order valence-corrected chi connectivity index (χ4v) is 3.29. The minimum Gasteiger partial charge on any atom is -0.444 e. The van der Waals surface area contributed by atoms with Gasteiger partial charge in [-0.1, -0.05) is 0 Å². The molecule has 0 spiro atoms. The van der Waals surface area contributed by atoms with Crippen LogP contribution in [0.15, 0.2) is 0 Å². The van der Waals surface area contributed by atoms with Gasteiger partial charge in [0.25, 0.3) is 10.1 Å². The quantitative estimate of drug-likeness (QED) is 0.735. The molecular formula is C13H23NO5S. The normalized spacial score (nSPS) is 29.2. The molecule has 2 rings (SSSR count). The predicted octanol–water partition coefficient (Wildman–Crippen LogP) is 1.47. The summed E-state index contributed by atoms with van der Waals surface area (Å²) in [6, 6.07) is 0. The van der Waals surface area contributed by atoms with Crippen molar-refractivity contribution in [2.75, 3.05) is 26.0 Å². The molecule has 0 aromatic carbocycles. The van der Waals surface area contributed by atoms with E-state index in [0.29, 0.717) is 30.8 Å². The van der Waals surface area contributed by atoms with Crippen LogP contribution >= 0.6 is 0 Å². The number of hydrogen-bond acceptors (Lipinski definition) is 5. The van der Waals surface area contributed by atoms with E-state index in [1.165, 1.54) is 0 Å². The molecule has 0 radical (unpaired) electrons. The van der Waals surface area contributed by atoms with Gasteiger partial charge in [0, 0.05) is 13.1 Å². The number of nitrogens with zero attached hydrogens (tertiary/aromatic N) is 1. The van der Waals surface area contributed by atoms with Crippen LogP contribution in [0.4, 0.5) is 4.79 Å². The van der Waals surface area contributed by atoms with Crippen molar-refractivity contribution in [2.45, 2.75) is 32.8 Å². The van der Waals surface area contributed by atoms with E-state index in [1.807, 2.05) is 20.8 Å². The standard InChI is InChI=1S/C13H23NO5S/c1-13(2,3)19-12(15)14-7-10-9(11(10)8-14)5-6-18-20(4,16)17/h9-11H,5-8H2,1-4H3. The Morgan fingerprint density at radius 2 is 1.80 bits per heavy atom. The number of likely N-dealkylation sites (tertiary alicyclic amines) is 1. The maximum absolute atomic E-state index is 11.9. The van der Waals surface area contributed by atoms with Crippen LogP contribution in [0.2, 0.25) is 0 Å². The first-order valence-electron chi connectivity index (χ1n) is 6.89. The lowest BCUT2D eigenvalue weighted by Crippen LogP contribution is -2.37. The van der Waals surface area contributed by atoms with Crippen LogP contribution in [0.1, 0.15) is 27.2 Å². The Morgan fingerprint density at radius 1 is 1.25 bits per heavy atom. The molecule has 0 N–H and O–H groups in total. The number of piperidine rings is 1. The van der Waals surface area contributed by atoms with Gasteiger partial charge in [0.2, 0.25) is 0 Å². The lowest BCUT2D eigenvalue weighted by atomic mass is 10.2. The highest BCUT2D eigenvalue weighted by Crippen LogP contribution is 2.53. The van der Waals surface area contributed by atoms with Crippen molar-refractivity contribution in [3.05, 3.63) is 0 Å². The molecule has 1 heterocycles. The zero-order chi connectivity index (χ0) is 15.1. The second kappa shape index (κ2) is 5.18. The molecule has 1 saturated heterocycles. The number of hydrogen-bond donors (Lipinski definition) is 0. The van der Waals surface area contributed by atoms with Gasteiger partial charge in [0.15, 0.2) is 0 Å². The van der Waals surface area contributed by atoms with Crippen LogP contribution in [-0.4, -0.2) is 51.0 Å². The molecule has 1 amide bonds. The summed E-state index contributed by atoms with van der Waals surface area (Å²) in [7, 11) is -3.34. The van der Waals surface area contributed by atoms with Crippen molar-refractivity contribution < 1.29 is 22.1 Å². The highest BCUT2D eigenvalue weighted by Gasteiger charge is 2.56. The van der Waals surface area contributed by atoms with E-state index in [1.54, 1.807) is 4.90 Å². The molecule has 1 saturated carbocycles. The van der Waals surface area contributed by atoms with Crippen molar-refractivity contribution in [3.63, 3.8) is 0 Å². The van der Waals surface area contributed by atoms with Crippen molar-refractivity contribution in [2.24, 2.45) is 17.8 Å². The van der Waals surface area contributed by atoms with E-state index in [-0.39, 0.29) is 12.7 Å². The van der Waals surface area contributed by atoms with Crippen LogP contribution < -0.4 is 0 Å². The number of carbonyl (C=O) groups is 1. The van der Waals surface area contributed by atoms with Crippen molar-refractivity contribution in [3.8, 4) is 0 Å². The largest absolute Gasteiger partial charge is 0.444 e. The van der Waals surface area contributed by atoms with E-state index in [9.17, 15) is 13.2 Å². The van der Waals surface area contributed by atoms with Gasteiger partial charge in [-0.3, -0.25) is 4.18 Å². The molecule has 0 bridgehead atoms. The molecule has 2 fully saturated rings. The Hall–Kier alpha value is -0.820. The summed E-state index contributed by atoms with van der Waals surface area (Å²) >= 11 is 0. The van der Waals surface area contributed by atoms with Gasteiger partial charge in [0.1, 0.15) is 5.60 Å². The number of carbonyl (C=O) groups excluding carboxylic acids is 1. The fraction of sp³-hybridized carbons (Fsp3) is 0.923. The van der Waals surface area contributed by atoms with Crippen molar-refractivity contribution in [1.82, 2.24) is 4.90 Å². The maximum Gasteiger partial charge on any atom is 0.410 e.